The quantitative estimate of drug-likeness (QED) is 0.520. The third kappa shape index (κ3) is 29.3. The molecule has 4 N–H and O–H groups in total. The van der Waals surface area contributed by atoms with Gasteiger partial charge >= 0.3 is 11.9 Å². The number of carboxylic acid groups (broad SMARTS) is 2. The lowest BCUT2D eigenvalue weighted by Crippen LogP contribution is -1.96. The molecule has 106 valence electrons. The molecule has 0 aliphatic rings. The van der Waals surface area contributed by atoms with Crippen LogP contribution in [0.15, 0.2) is 24.3 Å². The number of hydrogen-bond acceptors (Lipinski definition) is 3. The van der Waals surface area contributed by atoms with Crippen LogP contribution in [0.5, 0.6) is 0 Å². The molecular weight excluding hydrogens is 234 g/mol. The van der Waals surface area contributed by atoms with Crippen molar-refractivity contribution in [1.82, 2.24) is 0 Å². The maximum absolute atomic E-state index is 9.60. The zero-order valence-corrected chi connectivity index (χ0v) is 11.5. The smallest absolute Gasteiger partial charge is 0.330 e. The van der Waals surface area contributed by atoms with Gasteiger partial charge in [0.2, 0.25) is 0 Å². The summed E-state index contributed by atoms with van der Waals surface area (Å²) in [5, 5.41) is 15.8. The number of carbonyl (C=O) groups is 2. The fraction of sp³-hybridized carbons (Fsp3) is 0.538. The highest BCUT2D eigenvalue weighted by Crippen LogP contribution is 1.88. The normalized spacial score (nSPS) is 8.00. The third-order valence-electron chi connectivity index (χ3n) is 1.54. The van der Waals surface area contributed by atoms with Gasteiger partial charge < -0.3 is 15.9 Å². The molecule has 5 heteroatoms. The topological polar surface area (TPSA) is 101 Å². The minimum atomic E-state index is -0.935. The first-order valence-corrected chi connectivity index (χ1v) is 5.68. The van der Waals surface area contributed by atoms with Crippen molar-refractivity contribution in [2.45, 2.75) is 40.0 Å². The van der Waals surface area contributed by atoms with Crippen LogP contribution in [0.25, 0.3) is 0 Å². The number of hydrogen-bond donors (Lipinski definition) is 3. The van der Waals surface area contributed by atoms with E-state index in [0.29, 0.717) is 0 Å². The predicted octanol–water partition coefficient (Wildman–Crippen LogP) is 2.43. The molecule has 0 unspecified atom stereocenters. The van der Waals surface area contributed by atoms with Crippen molar-refractivity contribution in [3.8, 4) is 0 Å². The average molecular weight is 259 g/mol. The summed E-state index contributed by atoms with van der Waals surface area (Å²) >= 11 is 0. The lowest BCUT2D eigenvalue weighted by Gasteiger charge is -1.86. The van der Waals surface area contributed by atoms with Crippen LogP contribution < -0.4 is 5.73 Å². The van der Waals surface area contributed by atoms with E-state index in [1.54, 1.807) is 0 Å². The highest BCUT2D eigenvalue weighted by molar-refractivity contribution is 5.85. The summed E-state index contributed by atoms with van der Waals surface area (Å²) in [6, 6.07) is 0. The van der Waals surface area contributed by atoms with Gasteiger partial charge in [-0.15, -0.1) is 0 Å². The van der Waals surface area contributed by atoms with Gasteiger partial charge in [-0.25, -0.2) is 9.59 Å². The number of aliphatic carboxylic acids is 2. The molecule has 0 rings (SSSR count). The van der Waals surface area contributed by atoms with Crippen LogP contribution in [0.2, 0.25) is 0 Å². The van der Waals surface area contributed by atoms with Gasteiger partial charge in [0.1, 0.15) is 0 Å². The largest absolute Gasteiger partial charge is 0.478 e. The number of carboxylic acids is 2. The summed E-state index contributed by atoms with van der Waals surface area (Å²) < 4.78 is 0. The van der Waals surface area contributed by atoms with Crippen molar-refractivity contribution < 1.29 is 19.8 Å². The Morgan fingerprint density at radius 3 is 1.33 bits per heavy atom. The van der Waals surface area contributed by atoms with Crippen LogP contribution in [0.1, 0.15) is 40.0 Å². The Hall–Kier alpha value is -1.62. The van der Waals surface area contributed by atoms with Gasteiger partial charge in [-0.05, 0) is 26.8 Å². The minimum Gasteiger partial charge on any atom is -0.478 e. The van der Waals surface area contributed by atoms with E-state index in [0.717, 1.165) is 6.54 Å². The molecule has 0 spiro atoms. The average Bonchev–Trinajstić information content (AvgIpc) is 2.27. The molecule has 18 heavy (non-hydrogen) atoms. The van der Waals surface area contributed by atoms with Crippen molar-refractivity contribution in [3.05, 3.63) is 24.3 Å². The molecule has 0 aromatic heterocycles. The van der Waals surface area contributed by atoms with Crippen molar-refractivity contribution in [1.29, 1.82) is 0 Å². The number of unbranched alkanes of at least 4 members (excludes halogenated alkanes) is 2. The molecule has 0 aromatic carbocycles. The molecule has 0 aliphatic carbocycles. The van der Waals surface area contributed by atoms with E-state index < -0.39 is 11.9 Å². The first-order valence-electron chi connectivity index (χ1n) is 5.68. The van der Waals surface area contributed by atoms with Crippen molar-refractivity contribution in [2.24, 2.45) is 5.73 Å². The van der Waals surface area contributed by atoms with Crippen molar-refractivity contribution in [3.63, 3.8) is 0 Å². The highest BCUT2D eigenvalue weighted by atomic mass is 16.4. The summed E-state index contributed by atoms with van der Waals surface area (Å²) in [5.74, 6) is -1.87. The number of rotatable bonds is 5. The Balaban J connectivity index is -0.000000187. The van der Waals surface area contributed by atoms with Gasteiger partial charge in [0, 0.05) is 11.1 Å². The molecule has 0 atom stereocenters. The van der Waals surface area contributed by atoms with E-state index in [9.17, 15) is 9.59 Å². The Kier molecular flexibility index (Phi) is 18.5. The monoisotopic (exact) mass is 259 g/mol. The molecule has 0 aliphatic heterocycles. The fourth-order valence-electron chi connectivity index (χ4n) is 0.394. The van der Waals surface area contributed by atoms with Gasteiger partial charge in [0.25, 0.3) is 0 Å². The summed E-state index contributed by atoms with van der Waals surface area (Å²) in [7, 11) is 0. The van der Waals surface area contributed by atoms with Gasteiger partial charge in [0.15, 0.2) is 0 Å². The fourth-order valence-corrected chi connectivity index (χ4v) is 0.394. The Labute approximate surface area is 109 Å². The van der Waals surface area contributed by atoms with Crippen LogP contribution in [-0.4, -0.2) is 28.7 Å². The lowest BCUT2D eigenvalue weighted by atomic mass is 10.3. The summed E-state index contributed by atoms with van der Waals surface area (Å²) in [6.07, 6.45) is 3.75. The molecule has 0 fully saturated rings. The maximum Gasteiger partial charge on any atom is 0.330 e. The molecule has 0 heterocycles. The molecule has 5 nitrogen and oxygen atoms in total. The summed E-state index contributed by atoms with van der Waals surface area (Å²) in [4.78, 5) is 19.2. The Bertz CT molecular complexity index is 220. The van der Waals surface area contributed by atoms with E-state index in [4.69, 9.17) is 15.9 Å². The van der Waals surface area contributed by atoms with E-state index in [1.807, 2.05) is 0 Å². The standard InChI is InChI=1S/C5H13N.2C4H6O2/c1-2-3-4-5-6;2*1-3(2)4(5)6/h2-6H2,1H3;2*1H2,2H3,(H,5,6). The van der Waals surface area contributed by atoms with Crippen LogP contribution in [0.4, 0.5) is 0 Å². The zero-order chi connectivity index (χ0) is 15.1. The molecule has 0 amide bonds. The van der Waals surface area contributed by atoms with Crippen LogP contribution in [0, 0.1) is 0 Å². The van der Waals surface area contributed by atoms with Crippen LogP contribution in [-0.2, 0) is 9.59 Å². The molecule has 0 saturated carbocycles. The van der Waals surface area contributed by atoms with Crippen molar-refractivity contribution in [2.75, 3.05) is 6.54 Å². The van der Waals surface area contributed by atoms with Crippen LogP contribution >= 0.6 is 0 Å². The van der Waals surface area contributed by atoms with E-state index in [2.05, 4.69) is 20.1 Å². The minimum absolute atomic E-state index is 0.176. The SMILES string of the molecule is C=C(C)C(=O)O.C=C(C)C(=O)O.CCCCCN. The Morgan fingerprint density at radius 2 is 1.28 bits per heavy atom. The lowest BCUT2D eigenvalue weighted by molar-refractivity contribution is -0.133. The molecule has 0 radical (unpaired) electrons. The second-order valence-electron chi connectivity index (χ2n) is 3.67. The predicted molar refractivity (Wildman–Crippen MR) is 73.5 cm³/mol. The van der Waals surface area contributed by atoms with E-state index in [1.165, 1.54) is 33.1 Å². The maximum atomic E-state index is 9.60. The highest BCUT2D eigenvalue weighted by Gasteiger charge is 1.90. The zero-order valence-electron chi connectivity index (χ0n) is 11.5. The van der Waals surface area contributed by atoms with Crippen LogP contribution in [0.3, 0.4) is 0 Å². The first-order chi connectivity index (χ1) is 8.20. The number of nitrogens with two attached hydrogens (primary N) is 1. The second-order valence-corrected chi connectivity index (χ2v) is 3.67. The van der Waals surface area contributed by atoms with E-state index >= 15 is 0 Å². The Morgan fingerprint density at radius 1 is 1.00 bits per heavy atom. The van der Waals surface area contributed by atoms with Gasteiger partial charge in [-0.2, -0.15) is 0 Å². The molecular formula is C13H25NO4. The third-order valence-corrected chi connectivity index (χ3v) is 1.54. The molecule has 0 aromatic rings. The summed E-state index contributed by atoms with van der Waals surface area (Å²) in [6.45, 7) is 12.2. The molecule has 0 bridgehead atoms. The first kappa shape index (κ1) is 21.6. The van der Waals surface area contributed by atoms with Gasteiger partial charge in [0.05, 0.1) is 0 Å². The van der Waals surface area contributed by atoms with Gasteiger partial charge in [-0.3, -0.25) is 0 Å². The second kappa shape index (κ2) is 15.4. The van der Waals surface area contributed by atoms with Crippen molar-refractivity contribution >= 4 is 11.9 Å². The van der Waals surface area contributed by atoms with Gasteiger partial charge in [-0.1, -0.05) is 32.9 Å². The summed E-state index contributed by atoms with van der Waals surface area (Å²) in [5.41, 5.74) is 5.57. The molecule has 0 saturated heterocycles. The van der Waals surface area contributed by atoms with E-state index in [-0.39, 0.29) is 11.1 Å².